The third kappa shape index (κ3) is 4.09. The third-order valence-electron chi connectivity index (χ3n) is 4.90. The molecule has 0 radical (unpaired) electrons. The second kappa shape index (κ2) is 8.51. The maximum absolute atomic E-state index is 12.5. The van der Waals surface area contributed by atoms with E-state index in [9.17, 15) is 4.79 Å². The van der Waals surface area contributed by atoms with Gasteiger partial charge >= 0.3 is 11.8 Å². The molecule has 0 bridgehead atoms. The summed E-state index contributed by atoms with van der Waals surface area (Å²) in [6.07, 6.45) is 0. The first-order valence-corrected chi connectivity index (χ1v) is 9.92. The molecule has 4 aromatic rings. The summed E-state index contributed by atoms with van der Waals surface area (Å²) in [5.74, 6) is 1.36. The highest BCUT2D eigenvalue weighted by Crippen LogP contribution is 2.32. The van der Waals surface area contributed by atoms with E-state index in [-0.39, 0.29) is 18.3 Å². The van der Waals surface area contributed by atoms with E-state index < -0.39 is 5.91 Å². The van der Waals surface area contributed by atoms with Gasteiger partial charge in [0.2, 0.25) is 5.82 Å². The third-order valence-corrected chi connectivity index (χ3v) is 4.90. The van der Waals surface area contributed by atoms with Crippen LogP contribution in [0.15, 0.2) is 45.3 Å². The van der Waals surface area contributed by atoms with E-state index in [0.29, 0.717) is 23.9 Å². The first kappa shape index (κ1) is 20.5. The van der Waals surface area contributed by atoms with E-state index in [0.717, 1.165) is 27.7 Å². The minimum absolute atomic E-state index is 0.135. The first-order chi connectivity index (χ1) is 15.0. The van der Waals surface area contributed by atoms with Crippen molar-refractivity contribution in [2.45, 2.75) is 27.3 Å². The van der Waals surface area contributed by atoms with Gasteiger partial charge in [-0.25, -0.2) is 0 Å². The Morgan fingerprint density at radius 1 is 1.13 bits per heavy atom. The summed E-state index contributed by atoms with van der Waals surface area (Å²) in [6.45, 7) is 6.65. The normalized spacial score (nSPS) is 11.0. The van der Waals surface area contributed by atoms with Crippen molar-refractivity contribution in [3.05, 3.63) is 59.0 Å². The molecule has 2 aromatic heterocycles. The number of carbonyl (C=O) groups is 1. The Hall–Kier alpha value is -3.81. The molecule has 2 heterocycles. The summed E-state index contributed by atoms with van der Waals surface area (Å²) >= 11 is 0. The van der Waals surface area contributed by atoms with Crippen molar-refractivity contribution in [3.8, 4) is 23.1 Å². The number of carbonyl (C=O) groups excluding carboxylic acids is 1. The highest BCUT2D eigenvalue weighted by atomic mass is 16.5. The lowest BCUT2D eigenvalue weighted by Crippen LogP contribution is -2.23. The summed E-state index contributed by atoms with van der Waals surface area (Å²) in [4.78, 5) is 16.7. The fourth-order valence-electron chi connectivity index (χ4n) is 3.31. The van der Waals surface area contributed by atoms with Crippen LogP contribution in [0.1, 0.15) is 34.3 Å². The van der Waals surface area contributed by atoms with Gasteiger partial charge in [0.15, 0.2) is 17.3 Å². The van der Waals surface area contributed by atoms with Crippen LogP contribution in [-0.4, -0.2) is 29.8 Å². The molecule has 0 aliphatic rings. The van der Waals surface area contributed by atoms with Crippen LogP contribution < -0.4 is 14.8 Å². The van der Waals surface area contributed by atoms with Crippen LogP contribution in [0.3, 0.4) is 0 Å². The molecule has 0 unspecified atom stereocenters. The van der Waals surface area contributed by atoms with Crippen molar-refractivity contribution >= 4 is 16.9 Å². The van der Waals surface area contributed by atoms with Gasteiger partial charge in [-0.05, 0) is 50.6 Å². The number of hydrogen-bond donors (Lipinski definition) is 1. The van der Waals surface area contributed by atoms with Crippen LogP contribution in [0.25, 0.3) is 22.6 Å². The molecule has 0 saturated heterocycles. The Morgan fingerprint density at radius 3 is 2.74 bits per heavy atom. The Kier molecular flexibility index (Phi) is 5.62. The van der Waals surface area contributed by atoms with Crippen LogP contribution >= 0.6 is 0 Å². The molecule has 31 heavy (non-hydrogen) atoms. The SMILES string of the molecule is CCOc1ccc(CNC(=O)c2nc(-c3oc4ccc(C)cc4c3C)no2)cc1OC. The van der Waals surface area contributed by atoms with Gasteiger partial charge in [0, 0.05) is 17.5 Å². The lowest BCUT2D eigenvalue weighted by molar-refractivity contribution is 0.0907. The maximum atomic E-state index is 12.5. The lowest BCUT2D eigenvalue weighted by atomic mass is 10.1. The molecular weight excluding hydrogens is 398 g/mol. The van der Waals surface area contributed by atoms with Crippen molar-refractivity contribution in [1.29, 1.82) is 0 Å². The monoisotopic (exact) mass is 421 g/mol. The smallest absolute Gasteiger partial charge is 0.316 e. The maximum Gasteiger partial charge on any atom is 0.316 e. The molecule has 1 N–H and O–H groups in total. The zero-order chi connectivity index (χ0) is 22.0. The Morgan fingerprint density at radius 2 is 1.97 bits per heavy atom. The van der Waals surface area contributed by atoms with Gasteiger partial charge in [-0.15, -0.1) is 0 Å². The predicted molar refractivity (Wildman–Crippen MR) is 114 cm³/mol. The molecule has 1 amide bonds. The number of fused-ring (bicyclic) bond motifs is 1. The molecule has 2 aromatic carbocycles. The lowest BCUT2D eigenvalue weighted by Gasteiger charge is -2.11. The molecule has 0 saturated carbocycles. The number of aryl methyl sites for hydroxylation is 2. The summed E-state index contributed by atoms with van der Waals surface area (Å²) in [6, 6.07) is 11.4. The van der Waals surface area contributed by atoms with Crippen LogP contribution in [0, 0.1) is 13.8 Å². The van der Waals surface area contributed by atoms with Crippen LogP contribution in [0.4, 0.5) is 0 Å². The quantitative estimate of drug-likeness (QED) is 0.471. The Bertz CT molecular complexity index is 1240. The fourth-order valence-corrected chi connectivity index (χ4v) is 3.31. The molecule has 8 nitrogen and oxygen atoms in total. The number of furan rings is 1. The number of hydrogen-bond acceptors (Lipinski definition) is 7. The van der Waals surface area contributed by atoms with Gasteiger partial charge in [-0.2, -0.15) is 4.98 Å². The van der Waals surface area contributed by atoms with Gasteiger partial charge in [-0.3, -0.25) is 4.79 Å². The van der Waals surface area contributed by atoms with Crippen molar-refractivity contribution < 1.29 is 23.2 Å². The van der Waals surface area contributed by atoms with E-state index in [1.165, 1.54) is 0 Å². The standard InChI is InChI=1S/C23H23N3O5/c1-5-29-18-9-7-15(11-19(18)28-4)12-24-22(27)23-25-21(26-31-23)20-14(3)16-10-13(2)6-8-17(16)30-20/h6-11H,5,12H2,1-4H3,(H,24,27). The molecular formula is C23H23N3O5. The highest BCUT2D eigenvalue weighted by Gasteiger charge is 2.21. The number of aromatic nitrogens is 2. The van der Waals surface area contributed by atoms with Gasteiger partial charge in [0.05, 0.1) is 13.7 Å². The number of ether oxygens (including phenoxy) is 2. The molecule has 8 heteroatoms. The van der Waals surface area contributed by atoms with Crippen molar-refractivity contribution in [1.82, 2.24) is 15.5 Å². The number of nitrogens with zero attached hydrogens (tertiary/aromatic N) is 2. The molecule has 160 valence electrons. The Balaban J connectivity index is 1.48. The number of amides is 1. The molecule has 0 spiro atoms. The average molecular weight is 421 g/mol. The molecule has 4 rings (SSSR count). The van der Waals surface area contributed by atoms with Crippen molar-refractivity contribution in [2.75, 3.05) is 13.7 Å². The van der Waals surface area contributed by atoms with Gasteiger partial charge in [0.25, 0.3) is 0 Å². The molecule has 0 atom stereocenters. The van der Waals surface area contributed by atoms with Crippen molar-refractivity contribution in [2.24, 2.45) is 0 Å². The second-order valence-corrected chi connectivity index (χ2v) is 7.08. The van der Waals surface area contributed by atoms with Crippen LogP contribution in [0.2, 0.25) is 0 Å². The zero-order valence-corrected chi connectivity index (χ0v) is 17.8. The van der Waals surface area contributed by atoms with E-state index in [4.69, 9.17) is 18.4 Å². The Labute approximate surface area is 179 Å². The fraction of sp³-hybridized carbons (Fsp3) is 0.261. The minimum Gasteiger partial charge on any atom is -0.493 e. The molecule has 0 aliphatic carbocycles. The van der Waals surface area contributed by atoms with Crippen LogP contribution in [-0.2, 0) is 6.54 Å². The van der Waals surface area contributed by atoms with Crippen molar-refractivity contribution in [3.63, 3.8) is 0 Å². The summed E-state index contributed by atoms with van der Waals surface area (Å²) < 4.78 is 21.9. The van der Waals surface area contributed by atoms with Gasteiger partial charge in [-0.1, -0.05) is 22.9 Å². The number of rotatable bonds is 7. The molecule has 0 aliphatic heterocycles. The summed E-state index contributed by atoms with van der Waals surface area (Å²) in [5.41, 5.74) is 3.60. The number of methoxy groups -OCH3 is 1. The zero-order valence-electron chi connectivity index (χ0n) is 17.8. The van der Waals surface area contributed by atoms with E-state index in [1.54, 1.807) is 13.2 Å². The van der Waals surface area contributed by atoms with E-state index in [2.05, 4.69) is 15.5 Å². The topological polar surface area (TPSA) is 99.6 Å². The van der Waals surface area contributed by atoms with E-state index >= 15 is 0 Å². The number of nitrogens with one attached hydrogen (secondary N) is 1. The second-order valence-electron chi connectivity index (χ2n) is 7.08. The van der Waals surface area contributed by atoms with Gasteiger partial charge < -0.3 is 23.7 Å². The highest BCUT2D eigenvalue weighted by molar-refractivity contribution is 5.90. The largest absolute Gasteiger partial charge is 0.493 e. The minimum atomic E-state index is -0.476. The predicted octanol–water partition coefficient (Wildman–Crippen LogP) is 4.44. The summed E-state index contributed by atoms with van der Waals surface area (Å²) in [5, 5.41) is 7.67. The number of benzene rings is 2. The molecule has 0 fully saturated rings. The first-order valence-electron chi connectivity index (χ1n) is 9.92. The van der Waals surface area contributed by atoms with E-state index in [1.807, 2.05) is 51.1 Å². The van der Waals surface area contributed by atoms with Gasteiger partial charge in [0.1, 0.15) is 5.58 Å². The average Bonchev–Trinajstić information content (AvgIpc) is 3.38. The summed E-state index contributed by atoms with van der Waals surface area (Å²) in [7, 11) is 1.57. The van der Waals surface area contributed by atoms with Crippen LogP contribution in [0.5, 0.6) is 11.5 Å².